The molecule has 4 heteroatoms. The van der Waals surface area contributed by atoms with Crippen LogP contribution in [-0.4, -0.2) is 24.5 Å². The van der Waals surface area contributed by atoms with Crippen LogP contribution in [0.5, 0.6) is 0 Å². The second kappa shape index (κ2) is 6.55. The summed E-state index contributed by atoms with van der Waals surface area (Å²) in [6.45, 7) is 3.74. The van der Waals surface area contributed by atoms with Gasteiger partial charge in [-0.1, -0.05) is 24.3 Å². The minimum atomic E-state index is -0.600. The second-order valence-corrected chi connectivity index (χ2v) is 5.13. The standard InChI is InChI=1S/C16H21NO3/c1-3-20-16(19)11(2)17-15(18)14-10-6-8-12-7-4-5-9-13(12)14/h4-5,7,9,11,14H,3,6,8,10H2,1-2H3,(H,17,18). The van der Waals surface area contributed by atoms with Crippen LogP contribution in [0.25, 0.3) is 0 Å². The number of carbonyl (C=O) groups is 2. The molecule has 4 nitrogen and oxygen atoms in total. The van der Waals surface area contributed by atoms with Gasteiger partial charge in [-0.2, -0.15) is 0 Å². The van der Waals surface area contributed by atoms with E-state index in [0.717, 1.165) is 24.8 Å². The number of hydrogen-bond acceptors (Lipinski definition) is 3. The largest absolute Gasteiger partial charge is 0.464 e. The van der Waals surface area contributed by atoms with E-state index in [9.17, 15) is 9.59 Å². The molecular weight excluding hydrogens is 254 g/mol. The third kappa shape index (κ3) is 3.18. The van der Waals surface area contributed by atoms with Gasteiger partial charge in [-0.25, -0.2) is 4.79 Å². The molecule has 0 radical (unpaired) electrons. The van der Waals surface area contributed by atoms with Crippen molar-refractivity contribution in [1.29, 1.82) is 0 Å². The zero-order valence-electron chi connectivity index (χ0n) is 12.0. The van der Waals surface area contributed by atoms with Crippen molar-refractivity contribution >= 4 is 11.9 Å². The molecule has 2 atom stereocenters. The van der Waals surface area contributed by atoms with Crippen molar-refractivity contribution in [2.75, 3.05) is 6.61 Å². The first-order valence-electron chi connectivity index (χ1n) is 7.18. The normalized spacial score (nSPS) is 18.8. The average molecular weight is 275 g/mol. The predicted molar refractivity (Wildman–Crippen MR) is 76.4 cm³/mol. The maximum Gasteiger partial charge on any atom is 0.328 e. The first-order valence-corrected chi connectivity index (χ1v) is 7.18. The van der Waals surface area contributed by atoms with Crippen LogP contribution >= 0.6 is 0 Å². The van der Waals surface area contributed by atoms with E-state index in [4.69, 9.17) is 4.74 Å². The lowest BCUT2D eigenvalue weighted by Gasteiger charge is -2.25. The van der Waals surface area contributed by atoms with Gasteiger partial charge in [0.25, 0.3) is 0 Å². The molecule has 1 N–H and O–H groups in total. The summed E-state index contributed by atoms with van der Waals surface area (Å²) in [7, 11) is 0. The van der Waals surface area contributed by atoms with Crippen LogP contribution in [0.3, 0.4) is 0 Å². The fourth-order valence-electron chi connectivity index (χ4n) is 2.67. The van der Waals surface area contributed by atoms with Crippen molar-refractivity contribution < 1.29 is 14.3 Å². The maximum atomic E-state index is 12.4. The summed E-state index contributed by atoms with van der Waals surface area (Å²) >= 11 is 0. The minimum absolute atomic E-state index is 0.0855. The summed E-state index contributed by atoms with van der Waals surface area (Å²) in [4.78, 5) is 23.9. The van der Waals surface area contributed by atoms with Crippen molar-refractivity contribution in [3.8, 4) is 0 Å². The zero-order valence-corrected chi connectivity index (χ0v) is 12.0. The zero-order chi connectivity index (χ0) is 14.5. The minimum Gasteiger partial charge on any atom is -0.464 e. The Morgan fingerprint density at radius 1 is 1.40 bits per heavy atom. The molecule has 2 unspecified atom stereocenters. The molecule has 1 aliphatic rings. The van der Waals surface area contributed by atoms with Crippen LogP contribution in [-0.2, 0) is 20.7 Å². The van der Waals surface area contributed by atoms with Crippen LogP contribution in [0.15, 0.2) is 24.3 Å². The van der Waals surface area contributed by atoms with Crippen molar-refractivity contribution in [2.45, 2.75) is 45.1 Å². The number of amides is 1. The predicted octanol–water partition coefficient (Wildman–Crippen LogP) is 2.17. The van der Waals surface area contributed by atoms with Crippen molar-refractivity contribution in [2.24, 2.45) is 0 Å². The Kier molecular flexibility index (Phi) is 4.77. The van der Waals surface area contributed by atoms with Crippen LogP contribution in [0, 0.1) is 0 Å². The molecule has 0 spiro atoms. The lowest BCUT2D eigenvalue weighted by atomic mass is 9.82. The summed E-state index contributed by atoms with van der Waals surface area (Å²) in [6, 6.07) is 7.44. The molecule has 1 aliphatic carbocycles. The molecule has 0 fully saturated rings. The Morgan fingerprint density at radius 3 is 2.90 bits per heavy atom. The summed E-state index contributed by atoms with van der Waals surface area (Å²) in [5.41, 5.74) is 2.33. The third-order valence-electron chi connectivity index (χ3n) is 3.68. The molecule has 1 aromatic carbocycles. The summed E-state index contributed by atoms with van der Waals surface area (Å²) in [5.74, 6) is -0.625. The lowest BCUT2D eigenvalue weighted by molar-refractivity contribution is -0.147. The highest BCUT2D eigenvalue weighted by molar-refractivity contribution is 5.88. The molecule has 0 aromatic heterocycles. The molecule has 1 aromatic rings. The first-order chi connectivity index (χ1) is 9.63. The number of fused-ring (bicyclic) bond motifs is 1. The molecule has 108 valence electrons. The van der Waals surface area contributed by atoms with Gasteiger partial charge >= 0.3 is 5.97 Å². The summed E-state index contributed by atoms with van der Waals surface area (Å²) in [5, 5.41) is 2.76. The number of nitrogens with one attached hydrogen (secondary N) is 1. The number of hydrogen-bond donors (Lipinski definition) is 1. The lowest BCUT2D eigenvalue weighted by Crippen LogP contribution is -2.42. The Bertz CT molecular complexity index is 498. The Balaban J connectivity index is 2.05. The van der Waals surface area contributed by atoms with E-state index in [0.29, 0.717) is 6.61 Å². The van der Waals surface area contributed by atoms with E-state index in [2.05, 4.69) is 11.4 Å². The third-order valence-corrected chi connectivity index (χ3v) is 3.68. The topological polar surface area (TPSA) is 55.4 Å². The van der Waals surface area contributed by atoms with Gasteiger partial charge in [0.15, 0.2) is 0 Å². The molecule has 0 aliphatic heterocycles. The number of benzene rings is 1. The molecule has 0 heterocycles. The highest BCUT2D eigenvalue weighted by Crippen LogP contribution is 2.31. The van der Waals surface area contributed by atoms with Crippen molar-refractivity contribution in [3.05, 3.63) is 35.4 Å². The molecule has 0 bridgehead atoms. The molecule has 0 saturated carbocycles. The number of ether oxygens (including phenoxy) is 1. The second-order valence-electron chi connectivity index (χ2n) is 5.13. The van der Waals surface area contributed by atoms with E-state index in [1.54, 1.807) is 13.8 Å². The van der Waals surface area contributed by atoms with Crippen LogP contribution in [0.1, 0.15) is 43.7 Å². The monoisotopic (exact) mass is 275 g/mol. The van der Waals surface area contributed by atoms with E-state index < -0.39 is 6.04 Å². The highest BCUT2D eigenvalue weighted by atomic mass is 16.5. The molecule has 0 saturated heterocycles. The number of aryl methyl sites for hydroxylation is 1. The number of rotatable bonds is 4. The molecule has 1 amide bonds. The van der Waals surface area contributed by atoms with Gasteiger partial charge in [0.05, 0.1) is 12.5 Å². The quantitative estimate of drug-likeness (QED) is 0.857. The Hall–Kier alpha value is -1.84. The van der Waals surface area contributed by atoms with Gasteiger partial charge in [-0.15, -0.1) is 0 Å². The smallest absolute Gasteiger partial charge is 0.328 e. The number of carbonyl (C=O) groups excluding carboxylic acids is 2. The fourth-order valence-corrected chi connectivity index (χ4v) is 2.67. The average Bonchev–Trinajstić information content (AvgIpc) is 2.46. The van der Waals surface area contributed by atoms with Crippen molar-refractivity contribution in [1.82, 2.24) is 5.32 Å². The van der Waals surface area contributed by atoms with Gasteiger partial charge in [0, 0.05) is 0 Å². The highest BCUT2D eigenvalue weighted by Gasteiger charge is 2.28. The van der Waals surface area contributed by atoms with Gasteiger partial charge in [-0.05, 0) is 44.2 Å². The first kappa shape index (κ1) is 14.6. The maximum absolute atomic E-state index is 12.4. The molecule has 20 heavy (non-hydrogen) atoms. The van der Waals surface area contributed by atoms with E-state index >= 15 is 0 Å². The SMILES string of the molecule is CCOC(=O)C(C)NC(=O)C1CCCc2ccccc21. The number of esters is 1. The van der Waals surface area contributed by atoms with E-state index in [1.807, 2.05) is 18.2 Å². The van der Waals surface area contributed by atoms with Crippen LogP contribution in [0.2, 0.25) is 0 Å². The van der Waals surface area contributed by atoms with Crippen LogP contribution < -0.4 is 5.32 Å². The Morgan fingerprint density at radius 2 is 2.15 bits per heavy atom. The summed E-state index contributed by atoms with van der Waals surface area (Å²) in [6.07, 6.45) is 2.86. The van der Waals surface area contributed by atoms with Crippen molar-refractivity contribution in [3.63, 3.8) is 0 Å². The summed E-state index contributed by atoms with van der Waals surface area (Å²) < 4.78 is 4.91. The van der Waals surface area contributed by atoms with E-state index in [-0.39, 0.29) is 17.8 Å². The van der Waals surface area contributed by atoms with Gasteiger partial charge in [0.2, 0.25) is 5.91 Å². The van der Waals surface area contributed by atoms with Gasteiger partial charge in [0.1, 0.15) is 6.04 Å². The van der Waals surface area contributed by atoms with Gasteiger partial charge in [-0.3, -0.25) is 4.79 Å². The van der Waals surface area contributed by atoms with E-state index in [1.165, 1.54) is 5.56 Å². The van der Waals surface area contributed by atoms with Gasteiger partial charge < -0.3 is 10.1 Å². The molecule has 2 rings (SSSR count). The Labute approximate surface area is 119 Å². The fraction of sp³-hybridized carbons (Fsp3) is 0.500. The molecular formula is C16H21NO3. The van der Waals surface area contributed by atoms with Crippen LogP contribution in [0.4, 0.5) is 0 Å².